The van der Waals surface area contributed by atoms with E-state index in [9.17, 15) is 9.59 Å². The fourth-order valence-electron chi connectivity index (χ4n) is 4.79. The van der Waals surface area contributed by atoms with E-state index in [0.29, 0.717) is 31.1 Å². The Balaban J connectivity index is 1.64. The Kier molecular flexibility index (Phi) is 8.68. The van der Waals surface area contributed by atoms with Gasteiger partial charge in [-0.2, -0.15) is 0 Å². The van der Waals surface area contributed by atoms with Crippen LogP contribution in [0.25, 0.3) is 10.9 Å². The van der Waals surface area contributed by atoms with Gasteiger partial charge in [0.05, 0.1) is 12.3 Å². The second-order valence-electron chi connectivity index (χ2n) is 9.73. The number of carbonyl (C=O) groups excluding carboxylic acids is 2. The van der Waals surface area contributed by atoms with Crippen molar-refractivity contribution < 1.29 is 14.3 Å². The van der Waals surface area contributed by atoms with Gasteiger partial charge in [0.1, 0.15) is 11.8 Å². The largest absolute Gasteiger partial charge is 0.492 e. The topological polar surface area (TPSA) is 102 Å². The molecule has 0 bridgehead atoms. The maximum Gasteiger partial charge on any atom is 0.318 e. The van der Waals surface area contributed by atoms with Crippen molar-refractivity contribution in [2.45, 2.75) is 32.4 Å². The van der Waals surface area contributed by atoms with Gasteiger partial charge in [0.15, 0.2) is 0 Å². The van der Waals surface area contributed by atoms with Crippen molar-refractivity contribution >= 4 is 28.5 Å². The van der Waals surface area contributed by atoms with Crippen molar-refractivity contribution in [3.8, 4) is 5.75 Å². The second-order valence-corrected chi connectivity index (χ2v) is 9.73. The van der Waals surface area contributed by atoms with E-state index in [2.05, 4.69) is 25.8 Å². The third-order valence-electron chi connectivity index (χ3n) is 6.68. The monoisotopic (exact) mass is 506 g/mol. The van der Waals surface area contributed by atoms with Crippen molar-refractivity contribution in [2.24, 2.45) is 0 Å². The zero-order valence-electron chi connectivity index (χ0n) is 22.1. The van der Waals surface area contributed by atoms with Gasteiger partial charge < -0.3 is 35.5 Å². The molecule has 3 aromatic rings. The number of carbonyl (C=O) groups is 2. The highest BCUT2D eigenvalue weighted by Gasteiger charge is 2.32. The molecule has 9 heteroatoms. The lowest BCUT2D eigenvalue weighted by Gasteiger charge is -2.31. The average Bonchev–Trinajstić information content (AvgIpc) is 3.33. The molecule has 3 amide bonds. The molecule has 37 heavy (non-hydrogen) atoms. The third kappa shape index (κ3) is 6.42. The zero-order chi connectivity index (χ0) is 26.4. The normalized spacial score (nSPS) is 15.4. The zero-order valence-corrected chi connectivity index (χ0v) is 22.1. The molecule has 2 heterocycles. The second kappa shape index (κ2) is 12.1. The van der Waals surface area contributed by atoms with E-state index in [1.807, 2.05) is 76.6 Å². The smallest absolute Gasteiger partial charge is 0.318 e. The summed E-state index contributed by atoms with van der Waals surface area (Å²) < 4.78 is 5.81. The number of aromatic amines is 1. The maximum absolute atomic E-state index is 13.9. The maximum atomic E-state index is 13.9. The Labute approximate surface area is 218 Å². The number of ether oxygens (including phenoxy) is 1. The number of H-pyrrole nitrogens is 1. The van der Waals surface area contributed by atoms with Crippen molar-refractivity contribution in [1.29, 1.82) is 0 Å². The first-order valence-corrected chi connectivity index (χ1v) is 12.9. The molecule has 4 N–H and O–H groups in total. The number of piperazine rings is 1. The highest BCUT2D eigenvalue weighted by Crippen LogP contribution is 2.30. The molecular weight excluding hydrogens is 468 g/mol. The first kappa shape index (κ1) is 26.5. The number of anilines is 1. The lowest BCUT2D eigenvalue weighted by atomic mass is 9.92. The molecule has 0 radical (unpaired) electrons. The first-order valence-electron chi connectivity index (χ1n) is 12.9. The molecule has 198 valence electrons. The SMILES string of the molecule is CCOc1ccc(CN(C)C)cc1NC(=O)C(NC(=O)N1CCNCC1)C(C)c1c[nH]c2ccccc12. The van der Waals surface area contributed by atoms with Crippen molar-refractivity contribution in [3.63, 3.8) is 0 Å². The molecule has 1 aromatic heterocycles. The van der Waals surface area contributed by atoms with Crippen LogP contribution in [-0.2, 0) is 11.3 Å². The summed E-state index contributed by atoms with van der Waals surface area (Å²) in [6.45, 7) is 7.76. The summed E-state index contributed by atoms with van der Waals surface area (Å²) in [7, 11) is 4.00. The van der Waals surface area contributed by atoms with Crippen LogP contribution >= 0.6 is 0 Å². The number of benzene rings is 2. The summed E-state index contributed by atoms with van der Waals surface area (Å²) in [5.74, 6) is 0.0259. The van der Waals surface area contributed by atoms with E-state index in [0.717, 1.165) is 41.7 Å². The van der Waals surface area contributed by atoms with Gasteiger partial charge >= 0.3 is 6.03 Å². The Hall–Kier alpha value is -3.56. The molecule has 0 spiro atoms. The molecule has 1 aliphatic rings. The molecule has 0 aliphatic carbocycles. The highest BCUT2D eigenvalue weighted by molar-refractivity contribution is 5.99. The van der Waals surface area contributed by atoms with Gasteiger partial charge in [-0.25, -0.2) is 4.79 Å². The highest BCUT2D eigenvalue weighted by atomic mass is 16.5. The van der Waals surface area contributed by atoms with Crippen LogP contribution in [-0.4, -0.2) is 79.6 Å². The summed E-state index contributed by atoms with van der Waals surface area (Å²) in [6, 6.07) is 12.8. The number of nitrogens with one attached hydrogen (secondary N) is 4. The van der Waals surface area contributed by atoms with E-state index < -0.39 is 6.04 Å². The van der Waals surface area contributed by atoms with Crippen LogP contribution in [0.1, 0.15) is 30.9 Å². The third-order valence-corrected chi connectivity index (χ3v) is 6.68. The molecule has 4 rings (SSSR count). The summed E-state index contributed by atoms with van der Waals surface area (Å²) in [5, 5.41) is 10.4. The van der Waals surface area contributed by atoms with E-state index in [1.165, 1.54) is 0 Å². The molecule has 1 fully saturated rings. The Bertz CT molecular complexity index is 1220. The van der Waals surface area contributed by atoms with Crippen LogP contribution in [0, 0.1) is 0 Å². The lowest BCUT2D eigenvalue weighted by Crippen LogP contribution is -2.55. The van der Waals surface area contributed by atoms with E-state index in [1.54, 1.807) is 4.90 Å². The number of hydrogen-bond acceptors (Lipinski definition) is 5. The summed E-state index contributed by atoms with van der Waals surface area (Å²) in [5.41, 5.74) is 3.61. The summed E-state index contributed by atoms with van der Waals surface area (Å²) in [4.78, 5) is 34.2. The molecule has 1 aliphatic heterocycles. The van der Waals surface area contributed by atoms with Crippen LogP contribution in [0.15, 0.2) is 48.7 Å². The van der Waals surface area contributed by atoms with E-state index in [-0.39, 0.29) is 17.9 Å². The van der Waals surface area contributed by atoms with Crippen LogP contribution in [0.3, 0.4) is 0 Å². The molecule has 2 atom stereocenters. The van der Waals surface area contributed by atoms with Crippen molar-refractivity contribution in [3.05, 3.63) is 59.8 Å². The number of amides is 3. The van der Waals surface area contributed by atoms with Crippen molar-refractivity contribution in [2.75, 3.05) is 52.2 Å². The van der Waals surface area contributed by atoms with Crippen LogP contribution in [0.5, 0.6) is 5.75 Å². The quantitative estimate of drug-likeness (QED) is 0.357. The minimum atomic E-state index is -0.798. The number of nitrogens with zero attached hydrogens (tertiary/aromatic N) is 2. The molecule has 2 aromatic carbocycles. The Morgan fingerprint density at radius 3 is 2.62 bits per heavy atom. The van der Waals surface area contributed by atoms with Gasteiger partial charge in [-0.15, -0.1) is 0 Å². The number of aromatic nitrogens is 1. The molecule has 1 saturated heterocycles. The van der Waals surface area contributed by atoms with E-state index in [4.69, 9.17) is 4.74 Å². The first-order chi connectivity index (χ1) is 17.9. The number of hydrogen-bond donors (Lipinski definition) is 4. The van der Waals surface area contributed by atoms with Gasteiger partial charge in [-0.05, 0) is 50.3 Å². The Morgan fingerprint density at radius 1 is 1.14 bits per heavy atom. The number of urea groups is 1. The van der Waals surface area contributed by atoms with Crippen molar-refractivity contribution in [1.82, 2.24) is 25.4 Å². The Morgan fingerprint density at radius 2 is 1.89 bits per heavy atom. The van der Waals surface area contributed by atoms with Gasteiger partial charge in [-0.3, -0.25) is 4.79 Å². The molecule has 0 saturated carbocycles. The molecule has 2 unspecified atom stereocenters. The minimum Gasteiger partial charge on any atom is -0.492 e. The standard InChI is InChI=1S/C28H38N6O3/c1-5-37-25-11-10-20(18-33(3)4)16-24(25)31-27(35)26(32-28(36)34-14-12-29-13-15-34)19(2)22-17-30-23-9-7-6-8-21(22)23/h6-11,16-17,19,26,29-30H,5,12-15,18H2,1-4H3,(H,31,35)(H,32,36). The van der Waals surface area contributed by atoms with E-state index >= 15 is 0 Å². The predicted octanol–water partition coefficient (Wildman–Crippen LogP) is 3.35. The molecular formula is C28H38N6O3. The van der Waals surface area contributed by atoms with Gasteiger partial charge in [-0.1, -0.05) is 31.2 Å². The van der Waals surface area contributed by atoms with Gasteiger partial charge in [0.2, 0.25) is 5.91 Å². The number of rotatable bonds is 9. The van der Waals surface area contributed by atoms with Crippen LogP contribution in [0.2, 0.25) is 0 Å². The predicted molar refractivity (Wildman–Crippen MR) is 147 cm³/mol. The van der Waals surface area contributed by atoms with Crippen LogP contribution < -0.4 is 20.7 Å². The van der Waals surface area contributed by atoms with Gasteiger partial charge in [0, 0.05) is 55.7 Å². The van der Waals surface area contributed by atoms with Crippen LogP contribution in [0.4, 0.5) is 10.5 Å². The fourth-order valence-corrected chi connectivity index (χ4v) is 4.79. The number of para-hydroxylation sites is 1. The lowest BCUT2D eigenvalue weighted by molar-refractivity contribution is -0.118. The van der Waals surface area contributed by atoms with Gasteiger partial charge in [0.25, 0.3) is 0 Å². The fraction of sp³-hybridized carbons (Fsp3) is 0.429. The number of fused-ring (bicyclic) bond motifs is 1. The average molecular weight is 507 g/mol. The summed E-state index contributed by atoms with van der Waals surface area (Å²) >= 11 is 0. The minimum absolute atomic E-state index is 0.236. The molecule has 9 nitrogen and oxygen atoms in total. The summed E-state index contributed by atoms with van der Waals surface area (Å²) in [6.07, 6.45) is 1.93.